The van der Waals surface area contributed by atoms with Crippen LogP contribution in [0.15, 0.2) is 18.2 Å². The van der Waals surface area contributed by atoms with E-state index in [9.17, 15) is 14.4 Å². The molecule has 2 heterocycles. The van der Waals surface area contributed by atoms with Crippen molar-refractivity contribution in [3.05, 3.63) is 34.9 Å². The molecule has 0 aliphatic carbocycles. The Bertz CT molecular complexity index is 670. The molecule has 0 bridgehead atoms. The molecule has 0 spiro atoms. The molecular weight excluding hydrogens is 300 g/mol. The van der Waals surface area contributed by atoms with Crippen LogP contribution in [0.25, 0.3) is 0 Å². The number of carbonyl (C=O) groups is 3. The third-order valence-corrected chi connectivity index (χ3v) is 4.21. The smallest absolute Gasteiger partial charge is 0.261 e. The second-order valence-electron chi connectivity index (χ2n) is 5.69. The number of ether oxygens (including phenoxy) is 1. The van der Waals surface area contributed by atoms with Crippen LogP contribution in [0.3, 0.4) is 0 Å². The van der Waals surface area contributed by atoms with Crippen LogP contribution in [0.2, 0.25) is 0 Å². The third kappa shape index (κ3) is 2.73. The van der Waals surface area contributed by atoms with Crippen LogP contribution in [-0.4, -0.2) is 72.1 Å². The molecule has 3 amide bonds. The molecular formula is C16H18N2O5. The zero-order chi connectivity index (χ0) is 16.6. The summed E-state index contributed by atoms with van der Waals surface area (Å²) in [6, 6.07) is 4.58. The van der Waals surface area contributed by atoms with Gasteiger partial charge in [0.25, 0.3) is 17.7 Å². The molecule has 1 aromatic carbocycles. The summed E-state index contributed by atoms with van der Waals surface area (Å²) in [5.41, 5.74) is 0.975. The molecule has 3 rings (SSSR count). The first-order chi connectivity index (χ1) is 11.0. The van der Waals surface area contributed by atoms with Crippen molar-refractivity contribution in [2.24, 2.45) is 0 Å². The maximum Gasteiger partial charge on any atom is 0.261 e. The predicted molar refractivity (Wildman–Crippen MR) is 80.2 cm³/mol. The molecule has 0 aromatic heterocycles. The summed E-state index contributed by atoms with van der Waals surface area (Å²) in [6.07, 6.45) is 0.299. The molecule has 1 saturated heterocycles. The highest BCUT2D eigenvalue weighted by Gasteiger charge is 2.34. The number of carbonyl (C=O) groups excluding carboxylic acids is 3. The van der Waals surface area contributed by atoms with Crippen molar-refractivity contribution < 1.29 is 24.2 Å². The van der Waals surface area contributed by atoms with Crippen molar-refractivity contribution in [2.45, 2.75) is 12.5 Å². The summed E-state index contributed by atoms with van der Waals surface area (Å²) < 4.78 is 5.49. The Balaban J connectivity index is 1.81. The van der Waals surface area contributed by atoms with Crippen molar-refractivity contribution in [2.75, 3.05) is 33.4 Å². The number of rotatable bonds is 3. The maximum atomic E-state index is 12.6. The minimum absolute atomic E-state index is 0.00842. The lowest BCUT2D eigenvalue weighted by molar-refractivity contribution is -0.0307. The van der Waals surface area contributed by atoms with Crippen LogP contribution in [0, 0.1) is 0 Å². The van der Waals surface area contributed by atoms with Gasteiger partial charge in [-0.2, -0.15) is 0 Å². The highest BCUT2D eigenvalue weighted by atomic mass is 16.5. The number of morpholine rings is 1. The van der Waals surface area contributed by atoms with E-state index in [2.05, 4.69) is 0 Å². The zero-order valence-electron chi connectivity index (χ0n) is 12.8. The summed E-state index contributed by atoms with van der Waals surface area (Å²) in [5.74, 6) is -0.938. The van der Waals surface area contributed by atoms with E-state index in [4.69, 9.17) is 9.84 Å². The molecule has 0 unspecified atom stereocenters. The number of fused-ring (bicyclic) bond motifs is 1. The van der Waals surface area contributed by atoms with Crippen LogP contribution in [-0.2, 0) is 4.74 Å². The highest BCUT2D eigenvalue weighted by Crippen LogP contribution is 2.23. The van der Waals surface area contributed by atoms with Gasteiger partial charge in [0.15, 0.2) is 0 Å². The minimum atomic E-state index is -0.389. The Morgan fingerprint density at radius 3 is 2.78 bits per heavy atom. The first kappa shape index (κ1) is 15.6. The normalized spacial score (nSPS) is 20.9. The monoisotopic (exact) mass is 318 g/mol. The molecule has 1 aromatic rings. The number of benzene rings is 1. The Labute approximate surface area is 133 Å². The SMILES string of the molecule is CN1C(=O)c2ccc(C(=O)N3CCO[C@H](CCO)C3)cc2C1=O. The lowest BCUT2D eigenvalue weighted by Crippen LogP contribution is -2.45. The number of nitrogens with zero attached hydrogens (tertiary/aromatic N) is 2. The molecule has 23 heavy (non-hydrogen) atoms. The zero-order valence-corrected chi connectivity index (χ0v) is 12.8. The van der Waals surface area contributed by atoms with Gasteiger partial charge in [-0.15, -0.1) is 0 Å². The standard InChI is InChI=1S/C16H18N2O5/c1-17-15(21)12-3-2-10(8-13(12)16(17)22)14(20)18-5-7-23-11(9-18)4-6-19/h2-3,8,11,19H,4-7,9H2,1H3/t11-/m1/s1. The number of hydrogen-bond donors (Lipinski definition) is 1. The van der Waals surface area contributed by atoms with E-state index in [0.717, 1.165) is 4.90 Å². The van der Waals surface area contributed by atoms with Gasteiger partial charge in [-0.25, -0.2) is 0 Å². The fourth-order valence-corrected chi connectivity index (χ4v) is 2.90. The molecule has 1 atom stereocenters. The molecule has 2 aliphatic heterocycles. The van der Waals surface area contributed by atoms with Crippen molar-refractivity contribution >= 4 is 17.7 Å². The largest absolute Gasteiger partial charge is 0.396 e. The number of aliphatic hydroxyl groups excluding tert-OH is 1. The molecule has 7 heteroatoms. The number of amides is 3. The first-order valence-electron chi connectivity index (χ1n) is 7.51. The van der Waals surface area contributed by atoms with Crippen LogP contribution < -0.4 is 0 Å². The molecule has 2 aliphatic rings. The second kappa shape index (κ2) is 6.10. The van der Waals surface area contributed by atoms with Crippen molar-refractivity contribution in [3.63, 3.8) is 0 Å². The minimum Gasteiger partial charge on any atom is -0.396 e. The van der Waals surface area contributed by atoms with E-state index in [-0.39, 0.29) is 36.0 Å². The Morgan fingerprint density at radius 2 is 2.04 bits per heavy atom. The predicted octanol–water partition coefficient (Wildman–Crippen LogP) is 0.136. The topological polar surface area (TPSA) is 87.2 Å². The van der Waals surface area contributed by atoms with E-state index in [0.29, 0.717) is 37.2 Å². The molecule has 122 valence electrons. The van der Waals surface area contributed by atoms with Gasteiger partial charge in [0.2, 0.25) is 0 Å². The Hall–Kier alpha value is -2.25. The molecule has 0 radical (unpaired) electrons. The third-order valence-electron chi connectivity index (χ3n) is 4.21. The van der Waals surface area contributed by atoms with Crippen molar-refractivity contribution in [3.8, 4) is 0 Å². The van der Waals surface area contributed by atoms with Gasteiger partial charge in [0.05, 0.1) is 23.8 Å². The lowest BCUT2D eigenvalue weighted by atomic mass is 10.0. The average Bonchev–Trinajstić information content (AvgIpc) is 2.79. The van der Waals surface area contributed by atoms with Crippen molar-refractivity contribution in [1.29, 1.82) is 0 Å². The van der Waals surface area contributed by atoms with Gasteiger partial charge in [0.1, 0.15) is 0 Å². The van der Waals surface area contributed by atoms with E-state index in [1.54, 1.807) is 11.0 Å². The molecule has 0 saturated carbocycles. The van der Waals surface area contributed by atoms with E-state index in [1.807, 2.05) is 0 Å². The summed E-state index contributed by atoms with van der Waals surface area (Å²) in [4.78, 5) is 39.2. The fraction of sp³-hybridized carbons (Fsp3) is 0.438. The summed E-state index contributed by atoms with van der Waals surface area (Å²) in [7, 11) is 1.42. The van der Waals surface area contributed by atoms with Crippen LogP contribution in [0.1, 0.15) is 37.5 Å². The summed E-state index contributed by atoms with van der Waals surface area (Å²) >= 11 is 0. The van der Waals surface area contributed by atoms with Crippen LogP contribution >= 0.6 is 0 Å². The Kier molecular flexibility index (Phi) is 4.14. The number of aliphatic hydroxyl groups is 1. The van der Waals surface area contributed by atoms with E-state index < -0.39 is 0 Å². The van der Waals surface area contributed by atoms with Gasteiger partial charge in [-0.1, -0.05) is 0 Å². The van der Waals surface area contributed by atoms with Crippen molar-refractivity contribution in [1.82, 2.24) is 9.80 Å². The second-order valence-corrected chi connectivity index (χ2v) is 5.69. The van der Waals surface area contributed by atoms with Crippen LogP contribution in [0.4, 0.5) is 0 Å². The summed E-state index contributed by atoms with van der Waals surface area (Å²) in [5, 5.41) is 8.99. The van der Waals surface area contributed by atoms with E-state index in [1.165, 1.54) is 19.2 Å². The average molecular weight is 318 g/mol. The molecule has 7 nitrogen and oxygen atoms in total. The van der Waals surface area contributed by atoms with Gasteiger partial charge < -0.3 is 14.7 Å². The number of imide groups is 1. The van der Waals surface area contributed by atoms with Gasteiger partial charge >= 0.3 is 0 Å². The van der Waals surface area contributed by atoms with Gasteiger partial charge in [-0.05, 0) is 24.6 Å². The highest BCUT2D eigenvalue weighted by molar-refractivity contribution is 6.21. The van der Waals surface area contributed by atoms with Gasteiger partial charge in [-0.3, -0.25) is 19.3 Å². The lowest BCUT2D eigenvalue weighted by Gasteiger charge is -2.32. The van der Waals surface area contributed by atoms with Gasteiger partial charge in [0, 0.05) is 32.3 Å². The quantitative estimate of drug-likeness (QED) is 0.801. The molecule has 1 N–H and O–H groups in total. The number of hydrogen-bond acceptors (Lipinski definition) is 5. The summed E-state index contributed by atoms with van der Waals surface area (Å²) in [6.45, 7) is 1.30. The fourth-order valence-electron chi connectivity index (χ4n) is 2.90. The Morgan fingerprint density at radius 1 is 1.30 bits per heavy atom. The van der Waals surface area contributed by atoms with E-state index >= 15 is 0 Å². The van der Waals surface area contributed by atoms with Crippen LogP contribution in [0.5, 0.6) is 0 Å². The molecule has 1 fully saturated rings. The first-order valence-corrected chi connectivity index (χ1v) is 7.51. The maximum absolute atomic E-state index is 12.6.